The molecule has 5 nitrogen and oxygen atoms in total. The molecule has 0 aliphatic heterocycles. The van der Waals surface area contributed by atoms with Gasteiger partial charge in [-0.05, 0) is 30.3 Å². The highest BCUT2D eigenvalue weighted by Gasteiger charge is 2.18. The van der Waals surface area contributed by atoms with Crippen LogP contribution in [-0.2, 0) is 0 Å². The summed E-state index contributed by atoms with van der Waals surface area (Å²) in [5.74, 6) is -0.951. The maximum atomic E-state index is 13.2. The average Bonchev–Trinajstić information content (AvgIpc) is 2.40. The Hall–Kier alpha value is -2.25. The summed E-state index contributed by atoms with van der Waals surface area (Å²) in [4.78, 5) is 15.8. The lowest BCUT2D eigenvalue weighted by Crippen LogP contribution is -2.33. The van der Waals surface area contributed by atoms with Crippen molar-refractivity contribution in [2.75, 3.05) is 5.32 Å². The zero-order valence-corrected chi connectivity index (χ0v) is 9.75. The van der Waals surface area contributed by atoms with E-state index in [9.17, 15) is 9.18 Å². The van der Waals surface area contributed by atoms with E-state index in [2.05, 4.69) is 10.3 Å². The first-order valence-electron chi connectivity index (χ1n) is 5.46. The summed E-state index contributed by atoms with van der Waals surface area (Å²) in [5, 5.41) is 20.5. The molecule has 2 aromatic rings. The third-order valence-corrected chi connectivity index (χ3v) is 2.44. The van der Waals surface area contributed by atoms with Crippen molar-refractivity contribution in [3.05, 3.63) is 54.0 Å². The van der Waals surface area contributed by atoms with E-state index < -0.39 is 18.8 Å². The van der Waals surface area contributed by atoms with Crippen molar-refractivity contribution >= 4 is 24.3 Å². The molecular formula is C12H10BFN2O3. The van der Waals surface area contributed by atoms with Gasteiger partial charge in [0.25, 0.3) is 5.91 Å². The quantitative estimate of drug-likeness (QED) is 0.686. The fourth-order valence-corrected chi connectivity index (χ4v) is 1.51. The van der Waals surface area contributed by atoms with Crippen molar-refractivity contribution in [3.63, 3.8) is 0 Å². The third-order valence-electron chi connectivity index (χ3n) is 2.44. The van der Waals surface area contributed by atoms with Crippen LogP contribution in [0.2, 0.25) is 0 Å². The highest BCUT2D eigenvalue weighted by Crippen LogP contribution is 2.06. The van der Waals surface area contributed by atoms with Gasteiger partial charge in [0.1, 0.15) is 11.6 Å². The zero-order chi connectivity index (χ0) is 13.8. The molecule has 0 aliphatic rings. The molecule has 0 aliphatic carbocycles. The lowest BCUT2D eigenvalue weighted by atomic mass is 9.79. The van der Waals surface area contributed by atoms with E-state index in [0.717, 1.165) is 12.1 Å². The first-order chi connectivity index (χ1) is 9.08. The van der Waals surface area contributed by atoms with E-state index in [1.165, 1.54) is 12.3 Å². The molecule has 0 saturated carbocycles. The standard InChI is InChI=1S/C12H10BFN2O3/c14-10-5-4-8(7-9(10)13(18)19)12(17)16-11-3-1-2-6-15-11/h1-7,18-19H,(H,15,16,17). The number of pyridine rings is 1. The molecule has 96 valence electrons. The summed E-state index contributed by atoms with van der Waals surface area (Å²) in [6.07, 6.45) is 1.52. The van der Waals surface area contributed by atoms with Gasteiger partial charge in [-0.1, -0.05) is 6.07 Å². The van der Waals surface area contributed by atoms with E-state index in [0.29, 0.717) is 5.82 Å². The van der Waals surface area contributed by atoms with Gasteiger partial charge >= 0.3 is 7.12 Å². The van der Waals surface area contributed by atoms with Crippen LogP contribution in [-0.4, -0.2) is 28.1 Å². The number of carbonyl (C=O) groups is 1. The molecule has 19 heavy (non-hydrogen) atoms. The van der Waals surface area contributed by atoms with Crippen LogP contribution in [0.4, 0.5) is 10.2 Å². The Morgan fingerprint density at radius 1 is 1.26 bits per heavy atom. The van der Waals surface area contributed by atoms with Crippen molar-refractivity contribution in [2.45, 2.75) is 0 Å². The molecular weight excluding hydrogens is 250 g/mol. The molecule has 3 N–H and O–H groups in total. The first-order valence-corrected chi connectivity index (χ1v) is 5.46. The van der Waals surface area contributed by atoms with Gasteiger partial charge < -0.3 is 15.4 Å². The molecule has 7 heteroatoms. The number of rotatable bonds is 3. The van der Waals surface area contributed by atoms with Crippen LogP contribution in [0, 0.1) is 5.82 Å². The largest absolute Gasteiger partial charge is 0.491 e. The van der Waals surface area contributed by atoms with E-state index in [-0.39, 0.29) is 11.0 Å². The van der Waals surface area contributed by atoms with Crippen molar-refractivity contribution in [2.24, 2.45) is 0 Å². The smallest absolute Gasteiger partial charge is 0.423 e. The summed E-state index contributed by atoms with van der Waals surface area (Å²) in [6, 6.07) is 8.34. The number of nitrogens with one attached hydrogen (secondary N) is 1. The summed E-state index contributed by atoms with van der Waals surface area (Å²) >= 11 is 0. The zero-order valence-electron chi connectivity index (χ0n) is 9.75. The Balaban J connectivity index is 2.22. The molecule has 1 aromatic heterocycles. The lowest BCUT2D eigenvalue weighted by Gasteiger charge is -2.07. The Kier molecular flexibility index (Phi) is 3.89. The molecule has 0 spiro atoms. The van der Waals surface area contributed by atoms with Crippen molar-refractivity contribution in [1.29, 1.82) is 0 Å². The topological polar surface area (TPSA) is 82.5 Å². The molecule has 1 amide bonds. The number of amides is 1. The second kappa shape index (κ2) is 5.60. The Bertz CT molecular complexity index is 593. The molecule has 1 heterocycles. The maximum Gasteiger partial charge on any atom is 0.491 e. The number of hydrogen-bond donors (Lipinski definition) is 3. The fraction of sp³-hybridized carbons (Fsp3) is 0. The minimum Gasteiger partial charge on any atom is -0.423 e. The molecule has 2 rings (SSSR count). The second-order valence-electron chi connectivity index (χ2n) is 3.78. The number of anilines is 1. The Labute approximate surface area is 108 Å². The van der Waals surface area contributed by atoms with Crippen LogP contribution in [0.5, 0.6) is 0 Å². The predicted octanol–water partition coefficient (Wildman–Crippen LogP) is 0.153. The highest BCUT2D eigenvalue weighted by molar-refractivity contribution is 6.58. The molecule has 0 unspecified atom stereocenters. The van der Waals surface area contributed by atoms with Crippen LogP contribution < -0.4 is 10.8 Å². The molecule has 0 bridgehead atoms. The number of halogens is 1. The van der Waals surface area contributed by atoms with Gasteiger partial charge in [-0.2, -0.15) is 0 Å². The minimum absolute atomic E-state index is 0.107. The lowest BCUT2D eigenvalue weighted by molar-refractivity contribution is 0.102. The summed E-state index contributed by atoms with van der Waals surface area (Å²) in [6.45, 7) is 0. The molecule has 0 atom stereocenters. The summed E-state index contributed by atoms with van der Waals surface area (Å²) < 4.78 is 13.2. The van der Waals surface area contributed by atoms with Gasteiger partial charge in [0.2, 0.25) is 0 Å². The molecule has 1 aromatic carbocycles. The van der Waals surface area contributed by atoms with Gasteiger partial charge in [0, 0.05) is 17.2 Å². The number of hydrogen-bond acceptors (Lipinski definition) is 4. The monoisotopic (exact) mass is 260 g/mol. The van der Waals surface area contributed by atoms with E-state index in [1.807, 2.05) is 0 Å². The molecule has 0 fully saturated rings. The van der Waals surface area contributed by atoms with Crippen LogP contribution in [0.3, 0.4) is 0 Å². The van der Waals surface area contributed by atoms with Gasteiger partial charge in [-0.25, -0.2) is 9.37 Å². The van der Waals surface area contributed by atoms with Crippen LogP contribution in [0.1, 0.15) is 10.4 Å². The average molecular weight is 260 g/mol. The number of benzene rings is 1. The van der Waals surface area contributed by atoms with Gasteiger partial charge in [-0.3, -0.25) is 4.79 Å². The van der Waals surface area contributed by atoms with Gasteiger partial charge in [-0.15, -0.1) is 0 Å². The molecule has 0 saturated heterocycles. The Morgan fingerprint density at radius 3 is 2.68 bits per heavy atom. The van der Waals surface area contributed by atoms with E-state index in [4.69, 9.17) is 10.0 Å². The van der Waals surface area contributed by atoms with E-state index in [1.54, 1.807) is 18.2 Å². The minimum atomic E-state index is -1.97. The molecule has 0 radical (unpaired) electrons. The number of aromatic nitrogens is 1. The van der Waals surface area contributed by atoms with Crippen molar-refractivity contribution in [1.82, 2.24) is 4.98 Å². The van der Waals surface area contributed by atoms with Gasteiger partial charge in [0.05, 0.1) is 0 Å². The summed E-state index contributed by atoms with van der Waals surface area (Å²) in [5.41, 5.74) is -0.246. The van der Waals surface area contributed by atoms with Crippen LogP contribution in [0.25, 0.3) is 0 Å². The third kappa shape index (κ3) is 3.15. The van der Waals surface area contributed by atoms with Crippen LogP contribution >= 0.6 is 0 Å². The Morgan fingerprint density at radius 2 is 2.05 bits per heavy atom. The van der Waals surface area contributed by atoms with Crippen molar-refractivity contribution < 1.29 is 19.2 Å². The van der Waals surface area contributed by atoms with Crippen LogP contribution in [0.15, 0.2) is 42.6 Å². The first kappa shape index (κ1) is 13.2. The maximum absolute atomic E-state index is 13.2. The van der Waals surface area contributed by atoms with Gasteiger partial charge in [0.15, 0.2) is 0 Å². The second-order valence-corrected chi connectivity index (χ2v) is 3.78. The number of carbonyl (C=O) groups excluding carboxylic acids is 1. The SMILES string of the molecule is O=C(Nc1ccccn1)c1ccc(F)c(B(O)O)c1. The fourth-order valence-electron chi connectivity index (χ4n) is 1.51. The normalized spacial score (nSPS) is 10.1. The predicted molar refractivity (Wildman–Crippen MR) is 68.4 cm³/mol. The summed E-state index contributed by atoms with van der Waals surface area (Å²) in [7, 11) is -1.97. The van der Waals surface area contributed by atoms with Crippen molar-refractivity contribution in [3.8, 4) is 0 Å². The van der Waals surface area contributed by atoms with E-state index >= 15 is 0 Å². The number of nitrogens with zero attached hydrogens (tertiary/aromatic N) is 1. The highest BCUT2D eigenvalue weighted by atomic mass is 19.1.